The number of aliphatic hydroxyl groups is 1. The highest BCUT2D eigenvalue weighted by molar-refractivity contribution is 5.80. The fourth-order valence-corrected chi connectivity index (χ4v) is 5.09. The van der Waals surface area contributed by atoms with Gasteiger partial charge in [-0.2, -0.15) is 0 Å². The van der Waals surface area contributed by atoms with E-state index >= 15 is 0 Å². The van der Waals surface area contributed by atoms with Crippen molar-refractivity contribution in [1.82, 2.24) is 10.6 Å². The van der Waals surface area contributed by atoms with Gasteiger partial charge in [0.1, 0.15) is 6.61 Å². The summed E-state index contributed by atoms with van der Waals surface area (Å²) in [5.41, 5.74) is 3.90. The van der Waals surface area contributed by atoms with E-state index in [1.165, 1.54) is 0 Å². The summed E-state index contributed by atoms with van der Waals surface area (Å²) in [5, 5.41) is 23.7. The molecule has 0 aliphatic heterocycles. The van der Waals surface area contributed by atoms with Crippen LogP contribution in [0.5, 0.6) is 0 Å². The predicted octanol–water partition coefficient (Wildman–Crippen LogP) is 3.18. The normalized spacial score (nSPS) is 16.9. The molecule has 2 aliphatic rings. The van der Waals surface area contributed by atoms with E-state index in [1.54, 1.807) is 0 Å². The minimum atomic E-state index is -1.51. The minimum absolute atomic E-state index is 0.0401. The van der Waals surface area contributed by atoms with E-state index in [0.29, 0.717) is 12.8 Å². The Kier molecular flexibility index (Phi) is 7.17. The third-order valence-corrected chi connectivity index (χ3v) is 6.80. The van der Waals surface area contributed by atoms with Crippen molar-refractivity contribution >= 4 is 18.0 Å². The first kappa shape index (κ1) is 23.8. The first-order valence-electron chi connectivity index (χ1n) is 11.7. The van der Waals surface area contributed by atoms with Crippen LogP contribution in [-0.2, 0) is 14.3 Å². The molecule has 2 aliphatic carbocycles. The molecule has 2 aromatic rings. The molecule has 4 N–H and O–H groups in total. The number of aliphatic hydroxyl groups excluding tert-OH is 1. The zero-order chi connectivity index (χ0) is 24.1. The van der Waals surface area contributed by atoms with Gasteiger partial charge < -0.3 is 25.6 Å². The van der Waals surface area contributed by atoms with Gasteiger partial charge in [0.25, 0.3) is 0 Å². The highest BCUT2D eigenvalue weighted by atomic mass is 16.5. The second-order valence-electron chi connectivity index (χ2n) is 9.11. The third-order valence-electron chi connectivity index (χ3n) is 6.80. The van der Waals surface area contributed by atoms with E-state index in [1.807, 2.05) is 24.3 Å². The number of fused-ring (bicyclic) bond motifs is 3. The maximum absolute atomic E-state index is 12.8. The number of amides is 2. The van der Waals surface area contributed by atoms with Gasteiger partial charge in [0, 0.05) is 25.3 Å². The summed E-state index contributed by atoms with van der Waals surface area (Å²) >= 11 is 0. The summed E-state index contributed by atoms with van der Waals surface area (Å²) in [6, 6.07) is 16.3. The lowest BCUT2D eigenvalue weighted by molar-refractivity contribution is -0.147. The molecule has 0 heterocycles. The van der Waals surface area contributed by atoms with Crippen LogP contribution in [0.15, 0.2) is 48.5 Å². The van der Waals surface area contributed by atoms with Crippen LogP contribution in [0.1, 0.15) is 55.6 Å². The first-order chi connectivity index (χ1) is 16.4. The molecule has 1 saturated carbocycles. The van der Waals surface area contributed by atoms with E-state index in [9.17, 15) is 19.5 Å². The summed E-state index contributed by atoms with van der Waals surface area (Å²) in [5.74, 6) is -1.65. The van der Waals surface area contributed by atoms with Crippen LogP contribution in [-0.4, -0.2) is 53.0 Å². The van der Waals surface area contributed by atoms with Crippen LogP contribution in [0.4, 0.5) is 4.79 Å². The van der Waals surface area contributed by atoms with Gasteiger partial charge in [-0.1, -0.05) is 61.4 Å². The van der Waals surface area contributed by atoms with E-state index < -0.39 is 23.7 Å². The number of aliphatic carboxylic acids is 1. The number of alkyl carbamates (subject to hydrolysis) is 1. The lowest BCUT2D eigenvalue weighted by atomic mass is 9.93. The number of benzene rings is 2. The number of ether oxygens (including phenoxy) is 1. The zero-order valence-electron chi connectivity index (χ0n) is 19.0. The van der Waals surface area contributed by atoms with Crippen LogP contribution in [0.25, 0.3) is 11.1 Å². The smallest absolute Gasteiger partial charge is 0.407 e. The van der Waals surface area contributed by atoms with E-state index in [0.717, 1.165) is 35.1 Å². The van der Waals surface area contributed by atoms with Gasteiger partial charge in [-0.05, 0) is 35.1 Å². The maximum atomic E-state index is 12.8. The van der Waals surface area contributed by atoms with Crippen LogP contribution >= 0.6 is 0 Å². The van der Waals surface area contributed by atoms with Crippen molar-refractivity contribution in [3.8, 4) is 11.1 Å². The average Bonchev–Trinajstić information content (AvgIpc) is 3.40. The van der Waals surface area contributed by atoms with Crippen LogP contribution < -0.4 is 10.6 Å². The molecule has 4 rings (SSSR count). The molecule has 0 radical (unpaired) electrons. The molecule has 2 amide bonds. The molecule has 8 heteroatoms. The molecule has 2 aromatic carbocycles. The van der Waals surface area contributed by atoms with Gasteiger partial charge in [0.2, 0.25) is 5.91 Å². The van der Waals surface area contributed by atoms with Crippen LogP contribution in [0.2, 0.25) is 0 Å². The molecule has 0 saturated heterocycles. The lowest BCUT2D eigenvalue weighted by Gasteiger charge is -2.29. The second kappa shape index (κ2) is 10.3. The van der Waals surface area contributed by atoms with E-state index in [4.69, 9.17) is 9.84 Å². The SMILES string of the molecule is O=C(CC1(NC(=O)OCC2c3ccccc3-c3ccccc32)CCCC1)NCC[C@H](O)C(=O)O. The van der Waals surface area contributed by atoms with Crippen molar-refractivity contribution < 1.29 is 29.3 Å². The average molecular weight is 467 g/mol. The molecule has 0 spiro atoms. The maximum Gasteiger partial charge on any atom is 0.407 e. The van der Waals surface area contributed by atoms with Gasteiger partial charge in [-0.15, -0.1) is 0 Å². The van der Waals surface area contributed by atoms with Crippen molar-refractivity contribution in [2.45, 2.75) is 56.1 Å². The van der Waals surface area contributed by atoms with E-state index in [2.05, 4.69) is 34.9 Å². The molecular weight excluding hydrogens is 436 g/mol. The number of hydrogen-bond acceptors (Lipinski definition) is 5. The first-order valence-corrected chi connectivity index (χ1v) is 11.7. The summed E-state index contributed by atoms with van der Waals surface area (Å²) in [7, 11) is 0. The predicted molar refractivity (Wildman–Crippen MR) is 125 cm³/mol. The largest absolute Gasteiger partial charge is 0.479 e. The van der Waals surface area contributed by atoms with Crippen molar-refractivity contribution in [2.24, 2.45) is 0 Å². The standard InChI is InChI=1S/C26H30N2O6/c29-22(24(31)32)11-14-27-23(30)15-26(12-5-6-13-26)28-25(33)34-16-21-19-9-3-1-7-17(19)18-8-2-4-10-20(18)21/h1-4,7-10,21-22,29H,5-6,11-16H2,(H,27,30)(H,28,33)(H,31,32)/t22-/m0/s1. The lowest BCUT2D eigenvalue weighted by Crippen LogP contribution is -2.50. The Morgan fingerprint density at radius 2 is 1.59 bits per heavy atom. The Morgan fingerprint density at radius 1 is 1.00 bits per heavy atom. The van der Waals surface area contributed by atoms with Gasteiger partial charge in [-0.3, -0.25) is 4.79 Å². The highest BCUT2D eigenvalue weighted by Gasteiger charge is 2.38. The number of hydrogen-bond donors (Lipinski definition) is 4. The monoisotopic (exact) mass is 466 g/mol. The fourth-order valence-electron chi connectivity index (χ4n) is 5.09. The molecular formula is C26H30N2O6. The third kappa shape index (κ3) is 5.22. The number of carbonyl (C=O) groups is 3. The Labute approximate surface area is 198 Å². The van der Waals surface area contributed by atoms with Crippen molar-refractivity contribution in [3.63, 3.8) is 0 Å². The summed E-state index contributed by atoms with van der Waals surface area (Å²) in [6.07, 6.45) is 1.08. The van der Waals surface area contributed by atoms with Crippen molar-refractivity contribution in [3.05, 3.63) is 59.7 Å². The molecule has 34 heavy (non-hydrogen) atoms. The van der Waals surface area contributed by atoms with Gasteiger partial charge >= 0.3 is 12.1 Å². The van der Waals surface area contributed by atoms with Crippen LogP contribution in [0.3, 0.4) is 0 Å². The Hall–Kier alpha value is -3.39. The summed E-state index contributed by atoms with van der Waals surface area (Å²) < 4.78 is 5.67. The Bertz CT molecular complexity index is 1020. The number of carbonyl (C=O) groups excluding carboxylic acids is 2. The molecule has 8 nitrogen and oxygen atoms in total. The molecule has 0 aromatic heterocycles. The quantitative estimate of drug-likeness (QED) is 0.450. The second-order valence-corrected chi connectivity index (χ2v) is 9.11. The topological polar surface area (TPSA) is 125 Å². The van der Waals surface area contributed by atoms with Gasteiger partial charge in [0.15, 0.2) is 6.10 Å². The fraction of sp³-hybridized carbons (Fsp3) is 0.423. The molecule has 0 unspecified atom stereocenters. The number of rotatable bonds is 9. The molecule has 0 bridgehead atoms. The summed E-state index contributed by atoms with van der Waals surface area (Å²) in [4.78, 5) is 35.9. The summed E-state index contributed by atoms with van der Waals surface area (Å²) in [6.45, 7) is 0.253. The highest BCUT2D eigenvalue weighted by Crippen LogP contribution is 2.44. The number of nitrogens with one attached hydrogen (secondary N) is 2. The Balaban J connectivity index is 1.34. The van der Waals surface area contributed by atoms with Gasteiger partial charge in [0.05, 0.1) is 5.54 Å². The van der Waals surface area contributed by atoms with E-state index in [-0.39, 0.29) is 37.8 Å². The number of carboxylic acids is 1. The molecule has 180 valence electrons. The number of carboxylic acid groups (broad SMARTS) is 1. The van der Waals surface area contributed by atoms with Crippen molar-refractivity contribution in [1.29, 1.82) is 0 Å². The molecule has 1 atom stereocenters. The van der Waals surface area contributed by atoms with Gasteiger partial charge in [-0.25, -0.2) is 9.59 Å². The minimum Gasteiger partial charge on any atom is -0.479 e. The van der Waals surface area contributed by atoms with Crippen molar-refractivity contribution in [2.75, 3.05) is 13.2 Å². The zero-order valence-corrected chi connectivity index (χ0v) is 19.0. The van der Waals surface area contributed by atoms with Crippen LogP contribution in [0, 0.1) is 0 Å². The molecule has 1 fully saturated rings. The Morgan fingerprint density at radius 3 is 2.18 bits per heavy atom.